The average Bonchev–Trinajstić information content (AvgIpc) is 2.30. The molecule has 0 aliphatic heterocycles. The van der Waals surface area contributed by atoms with Crippen LogP contribution in [-0.4, -0.2) is 11.9 Å². The lowest BCUT2D eigenvalue weighted by molar-refractivity contribution is 0.0939. The lowest BCUT2D eigenvalue weighted by atomic mass is 9.81. The van der Waals surface area contributed by atoms with Gasteiger partial charge in [0.1, 0.15) is 0 Å². The van der Waals surface area contributed by atoms with Crippen LogP contribution in [-0.2, 0) is 0 Å². The molecule has 0 saturated heterocycles. The number of carbonyl (C=O) groups is 1. The van der Waals surface area contributed by atoms with Crippen molar-refractivity contribution in [3.05, 3.63) is 46.0 Å². The summed E-state index contributed by atoms with van der Waals surface area (Å²) in [4.78, 5) is 12.1. The summed E-state index contributed by atoms with van der Waals surface area (Å²) in [5, 5.41) is 3.93. The Hall–Kier alpha value is -0.990. The molecule has 1 aliphatic carbocycles. The summed E-state index contributed by atoms with van der Waals surface area (Å²) < 4.78 is 0. The lowest BCUT2D eigenvalue weighted by Gasteiger charge is -2.28. The minimum absolute atomic E-state index is 0.0817. The maximum absolute atomic E-state index is 12.1. The lowest BCUT2D eigenvalue weighted by Crippen LogP contribution is -2.36. The number of allylic oxidation sites excluding steroid dienone is 1. The molecule has 0 bridgehead atoms. The van der Waals surface area contributed by atoms with Crippen LogP contribution in [0.1, 0.15) is 37.0 Å². The number of amides is 1. The molecule has 4 heteroatoms. The predicted octanol–water partition coefficient (Wildman–Crippen LogP) is 4.47. The van der Waals surface area contributed by atoms with E-state index in [0.29, 0.717) is 15.6 Å². The van der Waals surface area contributed by atoms with Crippen LogP contribution in [0.3, 0.4) is 0 Å². The maximum Gasteiger partial charge on any atom is 0.251 e. The zero-order valence-electron chi connectivity index (χ0n) is 11.0. The highest BCUT2D eigenvalue weighted by Crippen LogP contribution is 2.29. The van der Waals surface area contributed by atoms with Crippen LogP contribution < -0.4 is 5.32 Å². The van der Waals surface area contributed by atoms with E-state index in [9.17, 15) is 4.79 Å². The van der Waals surface area contributed by atoms with Crippen molar-refractivity contribution in [2.75, 3.05) is 0 Å². The van der Waals surface area contributed by atoms with Crippen molar-refractivity contribution in [2.45, 2.75) is 32.7 Å². The smallest absolute Gasteiger partial charge is 0.251 e. The molecule has 102 valence electrons. The third kappa shape index (κ3) is 3.99. The normalized spacial score (nSPS) is 21.2. The van der Waals surface area contributed by atoms with Crippen molar-refractivity contribution in [2.24, 2.45) is 5.41 Å². The Morgan fingerprint density at radius 1 is 1.26 bits per heavy atom. The van der Waals surface area contributed by atoms with Gasteiger partial charge in [-0.15, -0.1) is 0 Å². The number of nitrogens with one attached hydrogen (secondary N) is 1. The zero-order valence-corrected chi connectivity index (χ0v) is 12.6. The molecule has 2 nitrogen and oxygen atoms in total. The second-order valence-corrected chi connectivity index (χ2v) is 6.50. The molecule has 1 amide bonds. The fraction of sp³-hybridized carbons (Fsp3) is 0.400. The molecule has 1 aromatic carbocycles. The van der Waals surface area contributed by atoms with E-state index in [1.807, 2.05) is 0 Å². The number of halogens is 2. The van der Waals surface area contributed by atoms with Crippen molar-refractivity contribution >= 4 is 29.1 Å². The number of benzene rings is 1. The Kier molecular flexibility index (Phi) is 4.22. The molecule has 1 aliphatic rings. The van der Waals surface area contributed by atoms with Crippen LogP contribution in [0.25, 0.3) is 0 Å². The Bertz CT molecular complexity index is 503. The van der Waals surface area contributed by atoms with E-state index in [-0.39, 0.29) is 17.4 Å². The van der Waals surface area contributed by atoms with Crippen molar-refractivity contribution in [3.8, 4) is 0 Å². The Morgan fingerprint density at radius 3 is 2.42 bits per heavy atom. The molecule has 1 N–H and O–H groups in total. The van der Waals surface area contributed by atoms with E-state index < -0.39 is 0 Å². The summed E-state index contributed by atoms with van der Waals surface area (Å²) in [5.74, 6) is -0.140. The van der Waals surface area contributed by atoms with Gasteiger partial charge < -0.3 is 5.32 Å². The van der Waals surface area contributed by atoms with Crippen LogP contribution in [0.4, 0.5) is 0 Å². The molecule has 1 unspecified atom stereocenters. The first-order valence-corrected chi connectivity index (χ1v) is 7.08. The highest BCUT2D eigenvalue weighted by molar-refractivity contribution is 6.35. The van der Waals surface area contributed by atoms with Crippen LogP contribution in [0.5, 0.6) is 0 Å². The monoisotopic (exact) mass is 297 g/mol. The second kappa shape index (κ2) is 5.56. The molecule has 0 saturated carbocycles. The number of hydrogen-bond acceptors (Lipinski definition) is 1. The fourth-order valence-electron chi connectivity index (χ4n) is 2.14. The molecular formula is C15H17Cl2NO. The van der Waals surface area contributed by atoms with E-state index in [1.54, 1.807) is 18.2 Å². The van der Waals surface area contributed by atoms with Gasteiger partial charge in [-0.2, -0.15) is 0 Å². The van der Waals surface area contributed by atoms with E-state index in [0.717, 1.165) is 12.8 Å². The number of hydrogen-bond donors (Lipinski definition) is 1. The Labute approximate surface area is 123 Å². The van der Waals surface area contributed by atoms with E-state index >= 15 is 0 Å². The summed E-state index contributed by atoms with van der Waals surface area (Å²) in [6.45, 7) is 4.39. The van der Waals surface area contributed by atoms with Gasteiger partial charge in [-0.3, -0.25) is 4.79 Å². The van der Waals surface area contributed by atoms with Gasteiger partial charge in [-0.25, -0.2) is 0 Å². The van der Waals surface area contributed by atoms with Gasteiger partial charge in [-0.1, -0.05) is 49.2 Å². The van der Waals surface area contributed by atoms with Crippen molar-refractivity contribution < 1.29 is 4.79 Å². The summed E-state index contributed by atoms with van der Waals surface area (Å²) in [7, 11) is 0. The molecule has 19 heavy (non-hydrogen) atoms. The quantitative estimate of drug-likeness (QED) is 0.802. The fourth-order valence-corrected chi connectivity index (χ4v) is 2.67. The van der Waals surface area contributed by atoms with Crippen LogP contribution in [0.15, 0.2) is 30.4 Å². The zero-order chi connectivity index (χ0) is 14.0. The third-order valence-corrected chi connectivity index (χ3v) is 3.76. The number of carbonyl (C=O) groups excluding carboxylic acids is 1. The van der Waals surface area contributed by atoms with Crippen molar-refractivity contribution in [1.29, 1.82) is 0 Å². The van der Waals surface area contributed by atoms with Gasteiger partial charge in [0.15, 0.2) is 0 Å². The van der Waals surface area contributed by atoms with Crippen molar-refractivity contribution in [3.63, 3.8) is 0 Å². The summed E-state index contributed by atoms with van der Waals surface area (Å²) in [5.41, 5.74) is 0.719. The molecule has 0 fully saturated rings. The summed E-state index contributed by atoms with van der Waals surface area (Å²) >= 11 is 11.8. The first-order chi connectivity index (χ1) is 8.85. The van der Waals surface area contributed by atoms with E-state index in [2.05, 4.69) is 31.3 Å². The van der Waals surface area contributed by atoms with Gasteiger partial charge in [0, 0.05) is 21.7 Å². The van der Waals surface area contributed by atoms with Gasteiger partial charge in [-0.05, 0) is 36.5 Å². The van der Waals surface area contributed by atoms with E-state index in [4.69, 9.17) is 23.2 Å². The Balaban J connectivity index is 2.06. The van der Waals surface area contributed by atoms with Crippen LogP contribution in [0, 0.1) is 5.41 Å². The van der Waals surface area contributed by atoms with Crippen LogP contribution >= 0.6 is 23.2 Å². The first kappa shape index (κ1) is 14.4. The molecule has 0 radical (unpaired) electrons. The van der Waals surface area contributed by atoms with Gasteiger partial charge >= 0.3 is 0 Å². The highest BCUT2D eigenvalue weighted by atomic mass is 35.5. The predicted molar refractivity (Wildman–Crippen MR) is 79.9 cm³/mol. The largest absolute Gasteiger partial charge is 0.346 e. The molecule has 1 atom stereocenters. The molecule has 1 aromatic rings. The molecule has 2 rings (SSSR count). The van der Waals surface area contributed by atoms with Gasteiger partial charge in [0.25, 0.3) is 5.91 Å². The molecular weight excluding hydrogens is 281 g/mol. The topological polar surface area (TPSA) is 29.1 Å². The Morgan fingerprint density at radius 2 is 1.89 bits per heavy atom. The third-order valence-electron chi connectivity index (χ3n) is 3.32. The SMILES string of the molecule is CC1(C)C=CC(NC(=O)c2cc(Cl)cc(Cl)c2)CC1. The molecule has 0 aromatic heterocycles. The minimum Gasteiger partial charge on any atom is -0.346 e. The van der Waals surface area contributed by atoms with Crippen molar-refractivity contribution in [1.82, 2.24) is 5.32 Å². The van der Waals surface area contributed by atoms with Gasteiger partial charge in [0.2, 0.25) is 0 Å². The van der Waals surface area contributed by atoms with Gasteiger partial charge in [0.05, 0.1) is 0 Å². The minimum atomic E-state index is -0.140. The standard InChI is InChI=1S/C15H17Cl2NO/c1-15(2)5-3-13(4-6-15)18-14(19)10-7-11(16)9-12(17)8-10/h3,5,7-9,13H,4,6H2,1-2H3,(H,18,19). The van der Waals surface area contributed by atoms with E-state index in [1.165, 1.54) is 0 Å². The van der Waals surface area contributed by atoms with Crippen LogP contribution in [0.2, 0.25) is 10.0 Å². The second-order valence-electron chi connectivity index (χ2n) is 5.62. The molecule has 0 spiro atoms. The summed E-state index contributed by atoms with van der Waals surface area (Å²) in [6.07, 6.45) is 6.23. The highest BCUT2D eigenvalue weighted by Gasteiger charge is 2.22. The maximum atomic E-state index is 12.1. The number of rotatable bonds is 2. The average molecular weight is 298 g/mol. The first-order valence-electron chi connectivity index (χ1n) is 6.32. The summed E-state index contributed by atoms with van der Waals surface area (Å²) in [6, 6.07) is 4.94. The molecule has 0 heterocycles.